The van der Waals surface area contributed by atoms with Gasteiger partial charge in [0.05, 0.1) is 18.7 Å². The van der Waals surface area contributed by atoms with Crippen molar-refractivity contribution in [2.45, 2.75) is 26.1 Å². The highest BCUT2D eigenvalue weighted by Gasteiger charge is 2.30. The molecule has 1 atom stereocenters. The second-order valence-corrected chi connectivity index (χ2v) is 8.31. The first-order valence-corrected chi connectivity index (χ1v) is 10.4. The lowest BCUT2D eigenvalue weighted by Crippen LogP contribution is -2.44. The normalized spacial score (nSPS) is 13.1. The number of carbonyl (C=O) groups is 1. The number of nitrogens with one attached hydrogen (secondary N) is 2. The van der Waals surface area contributed by atoms with Crippen LogP contribution in [0.15, 0.2) is 46.8 Å². The van der Waals surface area contributed by atoms with Gasteiger partial charge in [-0.1, -0.05) is 25.1 Å². The third-order valence-electron chi connectivity index (χ3n) is 4.33. The molecule has 0 bridgehead atoms. The second-order valence-electron chi connectivity index (χ2n) is 7.27. The average molecular weight is 441 g/mol. The van der Waals surface area contributed by atoms with E-state index in [1.807, 2.05) is 11.4 Å². The van der Waals surface area contributed by atoms with E-state index < -0.39 is 11.7 Å². The molecular formula is C21H27F3N4OS. The number of thiophene rings is 1. The van der Waals surface area contributed by atoms with Gasteiger partial charge in [-0.05, 0) is 41.5 Å². The molecule has 0 radical (unpaired) electrons. The first-order chi connectivity index (χ1) is 14.1. The van der Waals surface area contributed by atoms with Crippen molar-refractivity contribution in [3.63, 3.8) is 0 Å². The van der Waals surface area contributed by atoms with Crippen LogP contribution in [0.5, 0.6) is 0 Å². The summed E-state index contributed by atoms with van der Waals surface area (Å²) in [4.78, 5) is 19.0. The number of halogens is 3. The summed E-state index contributed by atoms with van der Waals surface area (Å²) in [5, 5.41) is 8.18. The maximum atomic E-state index is 12.9. The van der Waals surface area contributed by atoms with Crippen molar-refractivity contribution in [2.75, 3.05) is 27.2 Å². The molecule has 1 amide bonds. The van der Waals surface area contributed by atoms with E-state index in [9.17, 15) is 18.0 Å². The Morgan fingerprint density at radius 3 is 2.60 bits per heavy atom. The molecule has 0 aliphatic rings. The minimum atomic E-state index is -4.39. The van der Waals surface area contributed by atoms with Crippen LogP contribution in [0, 0.1) is 5.92 Å². The number of likely N-dealkylation sites (N-methyl/N-ethyl adjacent to an activating group) is 1. The highest BCUT2D eigenvalue weighted by Crippen LogP contribution is 2.29. The van der Waals surface area contributed by atoms with Crippen molar-refractivity contribution in [2.24, 2.45) is 10.9 Å². The minimum absolute atomic E-state index is 0.0424. The van der Waals surface area contributed by atoms with Crippen LogP contribution in [0.2, 0.25) is 0 Å². The summed E-state index contributed by atoms with van der Waals surface area (Å²) >= 11 is 1.70. The highest BCUT2D eigenvalue weighted by molar-refractivity contribution is 7.09. The van der Waals surface area contributed by atoms with Gasteiger partial charge in [0, 0.05) is 25.5 Å². The Balaban J connectivity index is 2.03. The molecule has 2 N–H and O–H groups in total. The van der Waals surface area contributed by atoms with E-state index in [0.29, 0.717) is 24.0 Å². The molecule has 2 rings (SSSR count). The van der Waals surface area contributed by atoms with Gasteiger partial charge in [0.2, 0.25) is 5.91 Å². The van der Waals surface area contributed by atoms with Gasteiger partial charge < -0.3 is 15.5 Å². The van der Waals surface area contributed by atoms with Crippen molar-refractivity contribution >= 4 is 23.2 Å². The van der Waals surface area contributed by atoms with Crippen molar-refractivity contribution in [3.8, 4) is 0 Å². The number of alkyl halides is 3. The molecule has 1 unspecified atom stereocenters. The smallest absolute Gasteiger partial charge is 0.356 e. The Kier molecular flexibility index (Phi) is 8.71. The van der Waals surface area contributed by atoms with Crippen LogP contribution in [0.25, 0.3) is 0 Å². The summed E-state index contributed by atoms with van der Waals surface area (Å²) in [6.07, 6.45) is -3.49. The van der Waals surface area contributed by atoms with Crippen molar-refractivity contribution in [3.05, 3.63) is 57.8 Å². The van der Waals surface area contributed by atoms with Gasteiger partial charge in [0.15, 0.2) is 5.96 Å². The maximum absolute atomic E-state index is 12.9. The predicted molar refractivity (Wildman–Crippen MR) is 114 cm³/mol. The van der Waals surface area contributed by atoms with Gasteiger partial charge in [0.25, 0.3) is 0 Å². The van der Waals surface area contributed by atoms with E-state index in [0.717, 1.165) is 18.6 Å². The summed E-state index contributed by atoms with van der Waals surface area (Å²) in [6.45, 7) is 2.82. The Labute approximate surface area is 179 Å². The molecule has 0 aliphatic heterocycles. The van der Waals surface area contributed by atoms with E-state index >= 15 is 0 Å². The fourth-order valence-corrected chi connectivity index (χ4v) is 3.49. The van der Waals surface area contributed by atoms with Gasteiger partial charge in [-0.25, -0.2) is 4.99 Å². The maximum Gasteiger partial charge on any atom is 0.416 e. The van der Waals surface area contributed by atoms with Crippen molar-refractivity contribution in [1.29, 1.82) is 0 Å². The van der Waals surface area contributed by atoms with Crippen LogP contribution in [0.3, 0.4) is 0 Å². The lowest BCUT2D eigenvalue weighted by Gasteiger charge is -2.17. The van der Waals surface area contributed by atoms with E-state index in [-0.39, 0.29) is 19.0 Å². The molecule has 0 aliphatic carbocycles. The molecule has 0 fully saturated rings. The quantitative estimate of drug-likeness (QED) is 0.485. The van der Waals surface area contributed by atoms with Gasteiger partial charge >= 0.3 is 6.18 Å². The van der Waals surface area contributed by atoms with Crippen molar-refractivity contribution < 1.29 is 18.0 Å². The third kappa shape index (κ3) is 8.06. The van der Waals surface area contributed by atoms with Gasteiger partial charge in [-0.2, -0.15) is 13.2 Å². The minimum Gasteiger partial charge on any atom is -0.356 e. The lowest BCUT2D eigenvalue weighted by atomic mass is 10.1. The topological polar surface area (TPSA) is 56.7 Å². The van der Waals surface area contributed by atoms with E-state index in [2.05, 4.69) is 28.6 Å². The Morgan fingerprint density at radius 1 is 1.20 bits per heavy atom. The first kappa shape index (κ1) is 23.7. The Bertz CT molecular complexity index is 835. The Morgan fingerprint density at radius 2 is 1.97 bits per heavy atom. The summed E-state index contributed by atoms with van der Waals surface area (Å²) in [7, 11) is 3.31. The summed E-state index contributed by atoms with van der Waals surface area (Å²) in [5.41, 5.74) is -0.262. The number of amides is 1. The standard InChI is InChI=1S/C21H27F3N4OS/c1-15(10-18-8-5-9-30-18)12-25-20(27-14-19(29)28(2)3)26-13-16-6-4-7-17(11-16)21(22,23)24/h4-9,11,15H,10,12-14H2,1-3H3,(H2,25,26,27). The van der Waals surface area contributed by atoms with E-state index in [4.69, 9.17) is 0 Å². The molecule has 2 aromatic rings. The predicted octanol–water partition coefficient (Wildman–Crippen LogP) is 3.77. The van der Waals surface area contributed by atoms with Crippen LogP contribution in [-0.4, -0.2) is 44.0 Å². The Hall–Kier alpha value is -2.55. The zero-order valence-corrected chi connectivity index (χ0v) is 18.1. The zero-order chi connectivity index (χ0) is 22.1. The summed E-state index contributed by atoms with van der Waals surface area (Å²) < 4.78 is 38.7. The molecule has 0 spiro atoms. The number of aliphatic imine (C=N–C) groups is 1. The zero-order valence-electron chi connectivity index (χ0n) is 17.3. The molecule has 0 saturated carbocycles. The van der Waals surface area contributed by atoms with Crippen molar-refractivity contribution in [1.82, 2.24) is 15.5 Å². The summed E-state index contributed by atoms with van der Waals surface area (Å²) in [5.74, 6) is 0.574. The first-order valence-electron chi connectivity index (χ1n) is 9.56. The lowest BCUT2D eigenvalue weighted by molar-refractivity contribution is -0.137. The van der Waals surface area contributed by atoms with E-state index in [1.165, 1.54) is 15.8 Å². The molecule has 1 aromatic carbocycles. The molecular weight excluding hydrogens is 413 g/mol. The molecule has 1 aromatic heterocycles. The molecule has 5 nitrogen and oxygen atoms in total. The number of rotatable bonds is 8. The molecule has 30 heavy (non-hydrogen) atoms. The SMILES string of the molecule is CC(CNC(=NCc1cccc(C(F)(F)F)c1)NCC(=O)N(C)C)Cc1cccs1. The number of nitrogens with zero attached hydrogens (tertiary/aromatic N) is 2. The second kappa shape index (κ2) is 11.0. The largest absolute Gasteiger partial charge is 0.416 e. The van der Waals surface area contributed by atoms with Crippen LogP contribution in [0.1, 0.15) is 22.9 Å². The fraction of sp³-hybridized carbons (Fsp3) is 0.429. The molecule has 9 heteroatoms. The van der Waals surface area contributed by atoms with Crippen LogP contribution in [0.4, 0.5) is 13.2 Å². The van der Waals surface area contributed by atoms with Crippen LogP contribution >= 0.6 is 11.3 Å². The number of hydrogen-bond donors (Lipinski definition) is 2. The van der Waals surface area contributed by atoms with Crippen LogP contribution in [-0.2, 0) is 23.9 Å². The third-order valence-corrected chi connectivity index (χ3v) is 5.23. The van der Waals surface area contributed by atoms with Crippen LogP contribution < -0.4 is 10.6 Å². The average Bonchev–Trinajstić information content (AvgIpc) is 3.19. The summed E-state index contributed by atoms with van der Waals surface area (Å²) in [6, 6.07) is 9.18. The van der Waals surface area contributed by atoms with Gasteiger partial charge in [0.1, 0.15) is 0 Å². The number of guanidine groups is 1. The molecule has 0 saturated heterocycles. The highest BCUT2D eigenvalue weighted by atomic mass is 32.1. The molecule has 1 heterocycles. The van der Waals surface area contributed by atoms with Gasteiger partial charge in [-0.3, -0.25) is 4.79 Å². The monoisotopic (exact) mass is 440 g/mol. The van der Waals surface area contributed by atoms with Gasteiger partial charge in [-0.15, -0.1) is 11.3 Å². The number of hydrogen-bond acceptors (Lipinski definition) is 3. The number of benzene rings is 1. The number of carbonyl (C=O) groups excluding carboxylic acids is 1. The molecule has 164 valence electrons. The van der Waals surface area contributed by atoms with E-state index in [1.54, 1.807) is 31.5 Å². The fourth-order valence-electron chi connectivity index (χ4n) is 2.62.